The van der Waals surface area contributed by atoms with Gasteiger partial charge in [0.1, 0.15) is 0 Å². The fraction of sp³-hybridized carbons (Fsp3) is 0.0308. The number of allylic oxidation sites excluding steroid dienone is 12. The van der Waals surface area contributed by atoms with Crippen molar-refractivity contribution in [1.82, 2.24) is 0 Å². The van der Waals surface area contributed by atoms with E-state index in [1.807, 2.05) is 12.2 Å². The lowest BCUT2D eigenvalue weighted by Crippen LogP contribution is -2.15. The lowest BCUT2D eigenvalue weighted by molar-refractivity contribution is 1.23. The van der Waals surface area contributed by atoms with Gasteiger partial charge in [-0.3, -0.25) is 0 Å². The van der Waals surface area contributed by atoms with Gasteiger partial charge in [0, 0.05) is 11.1 Å². The molecule has 0 bridgehead atoms. The summed E-state index contributed by atoms with van der Waals surface area (Å²) >= 11 is 0. The van der Waals surface area contributed by atoms with Gasteiger partial charge in [-0.15, -0.1) is 0 Å². The first-order valence-corrected chi connectivity index (χ1v) is 22.7. The van der Waals surface area contributed by atoms with Crippen LogP contribution in [0.25, 0.3) is 77.0 Å². The number of hydrogen-bond donors (Lipinski definition) is 0. The summed E-state index contributed by atoms with van der Waals surface area (Å²) in [6, 6.07) is 63.8. The van der Waals surface area contributed by atoms with Gasteiger partial charge in [0.05, 0.1) is 11.4 Å². The molecule has 9 aromatic rings. The van der Waals surface area contributed by atoms with E-state index in [-0.39, 0.29) is 0 Å². The lowest BCUT2D eigenvalue weighted by Gasteiger charge is -2.27. The summed E-state index contributed by atoms with van der Waals surface area (Å²) in [7, 11) is 0. The molecule has 66 heavy (non-hydrogen) atoms. The standard InChI is InChI=1S/C65H49N/c1-3-5-7-8-13-32-55-56-33-16-20-37-60(56)65(61-38-21-17-34-57(55)61)49-29-22-30-52(43-40-49)66(63-39-23-28-47-26-14-15-31-54(47)63)53-44-41-50(42-45-53)64-51(27-10-6-4-2)46-62(48-24-11-9-12-25-48)58-35-18-19-36-59(58)64/h3-29,31,33-46H,1,32H2,2H3/b6-4-,7-5-,13-8-,27-10-. The second kappa shape index (κ2) is 19.1. The Balaban J connectivity index is 1.09. The highest BCUT2D eigenvalue weighted by atomic mass is 15.1. The van der Waals surface area contributed by atoms with Gasteiger partial charge in [-0.05, 0) is 138 Å². The second-order valence-electron chi connectivity index (χ2n) is 16.4. The van der Waals surface area contributed by atoms with Crippen LogP contribution >= 0.6 is 0 Å². The zero-order valence-electron chi connectivity index (χ0n) is 37.1. The largest absolute Gasteiger partial charge is 0.303 e. The molecule has 0 N–H and O–H groups in total. The Morgan fingerprint density at radius 1 is 0.530 bits per heavy atom. The Hall–Kier alpha value is -8.48. The third-order valence-corrected chi connectivity index (χ3v) is 12.5. The quantitative estimate of drug-likeness (QED) is 0.0673. The molecule has 0 atom stereocenters. The van der Waals surface area contributed by atoms with Crippen LogP contribution in [0.1, 0.15) is 23.6 Å². The Morgan fingerprint density at radius 2 is 1.17 bits per heavy atom. The minimum atomic E-state index is 0.825. The second-order valence-corrected chi connectivity index (χ2v) is 16.4. The molecule has 0 unspecified atom stereocenters. The van der Waals surface area contributed by atoms with E-state index in [2.05, 4.69) is 261 Å². The number of rotatable bonds is 12. The van der Waals surface area contributed by atoms with E-state index >= 15 is 0 Å². The van der Waals surface area contributed by atoms with Gasteiger partial charge in [-0.25, -0.2) is 0 Å². The zero-order valence-corrected chi connectivity index (χ0v) is 37.1. The third-order valence-electron chi connectivity index (χ3n) is 12.5. The van der Waals surface area contributed by atoms with E-state index < -0.39 is 0 Å². The van der Waals surface area contributed by atoms with Gasteiger partial charge in [-0.2, -0.15) is 0 Å². The fourth-order valence-corrected chi connectivity index (χ4v) is 9.52. The fourth-order valence-electron chi connectivity index (χ4n) is 9.52. The molecule has 0 heterocycles. The molecule has 9 aromatic carbocycles. The molecule has 0 saturated heterocycles. The summed E-state index contributed by atoms with van der Waals surface area (Å²) in [6.45, 7) is 5.87. The van der Waals surface area contributed by atoms with Gasteiger partial charge in [0.25, 0.3) is 0 Å². The lowest BCUT2D eigenvalue weighted by atomic mass is 9.87. The van der Waals surface area contributed by atoms with Crippen molar-refractivity contribution in [3.8, 4) is 22.3 Å². The van der Waals surface area contributed by atoms with Gasteiger partial charge in [-0.1, -0.05) is 225 Å². The Labute approximate surface area is 388 Å². The van der Waals surface area contributed by atoms with Crippen LogP contribution in [-0.4, -0.2) is 0 Å². The van der Waals surface area contributed by atoms with Crippen molar-refractivity contribution in [2.75, 3.05) is 4.90 Å². The van der Waals surface area contributed by atoms with Crippen molar-refractivity contribution in [3.05, 3.63) is 284 Å². The Morgan fingerprint density at radius 3 is 1.88 bits per heavy atom. The van der Waals surface area contributed by atoms with Crippen LogP contribution in [0.3, 0.4) is 0 Å². The van der Waals surface area contributed by atoms with Crippen molar-refractivity contribution < 1.29 is 0 Å². The van der Waals surface area contributed by atoms with Crippen molar-refractivity contribution in [3.63, 3.8) is 0 Å². The summed E-state index contributed by atoms with van der Waals surface area (Å²) in [5.41, 5.74) is 16.5. The number of hydrogen-bond acceptors (Lipinski definition) is 1. The molecule has 1 heteroatoms. The van der Waals surface area contributed by atoms with Gasteiger partial charge < -0.3 is 4.90 Å². The van der Waals surface area contributed by atoms with Crippen molar-refractivity contribution in [1.29, 1.82) is 0 Å². The monoisotopic (exact) mass is 843 g/mol. The molecule has 314 valence electrons. The van der Waals surface area contributed by atoms with E-state index in [0.29, 0.717) is 0 Å². The molecule has 0 radical (unpaired) electrons. The van der Waals surface area contributed by atoms with Gasteiger partial charge in [0.2, 0.25) is 0 Å². The minimum absolute atomic E-state index is 0.825. The number of nitrogens with zero attached hydrogens (tertiary/aromatic N) is 1. The summed E-state index contributed by atoms with van der Waals surface area (Å²) in [4.78, 5) is 2.35. The Bertz CT molecular complexity index is 3480. The topological polar surface area (TPSA) is 3.24 Å². The van der Waals surface area contributed by atoms with E-state index in [1.165, 1.54) is 76.5 Å². The highest BCUT2D eigenvalue weighted by molar-refractivity contribution is 6.13. The molecule has 10 rings (SSSR count). The Kier molecular flexibility index (Phi) is 12.0. The average Bonchev–Trinajstić information content (AvgIpc) is 3.62. The van der Waals surface area contributed by atoms with Gasteiger partial charge >= 0.3 is 0 Å². The van der Waals surface area contributed by atoms with Gasteiger partial charge in [0.15, 0.2) is 0 Å². The maximum Gasteiger partial charge on any atom is 0.0890 e. The molecule has 0 fully saturated rings. The molecule has 0 aromatic heterocycles. The first kappa shape index (κ1) is 41.5. The number of anilines is 2. The van der Waals surface area contributed by atoms with Crippen LogP contribution in [0.15, 0.2) is 267 Å². The summed E-state index contributed by atoms with van der Waals surface area (Å²) < 4.78 is 0. The smallest absolute Gasteiger partial charge is 0.0890 e. The molecule has 1 nitrogen and oxygen atoms in total. The average molecular weight is 844 g/mol. The highest BCUT2D eigenvalue weighted by Crippen LogP contribution is 2.43. The number of fused-ring (bicyclic) bond motifs is 4. The van der Waals surface area contributed by atoms with Crippen LogP contribution in [0.4, 0.5) is 11.4 Å². The molecule has 1 aliphatic carbocycles. The maximum atomic E-state index is 3.81. The van der Waals surface area contributed by atoms with E-state index in [0.717, 1.165) is 34.6 Å². The van der Waals surface area contributed by atoms with Crippen molar-refractivity contribution in [2.24, 2.45) is 0 Å². The first-order valence-electron chi connectivity index (χ1n) is 22.7. The summed E-state index contributed by atoms with van der Waals surface area (Å²) in [5, 5.41) is 9.81. The molecule has 0 aliphatic heterocycles. The zero-order chi connectivity index (χ0) is 44.7. The highest BCUT2D eigenvalue weighted by Gasteiger charge is 2.20. The van der Waals surface area contributed by atoms with E-state index in [1.54, 1.807) is 6.08 Å². The third kappa shape index (κ3) is 8.12. The molecular weight excluding hydrogens is 795 g/mol. The van der Waals surface area contributed by atoms with Crippen LogP contribution in [0, 0.1) is 0 Å². The molecule has 0 amide bonds. The van der Waals surface area contributed by atoms with Crippen molar-refractivity contribution >= 4 is 66.1 Å². The van der Waals surface area contributed by atoms with Crippen LogP contribution < -0.4 is 4.90 Å². The SMILES string of the molecule is C=C/C=C\C=C/Cc1c2ccccc2c(C2=CC=C=C(N(c3ccc(-c4c(/C=C\C=C/C)cc(-c5ccccc5)c5ccccc45)cc3)c3cccc4ccccc34)C=C2)c2ccccc12. The maximum absolute atomic E-state index is 3.81. The molecular formula is C65H49N. The summed E-state index contributed by atoms with van der Waals surface area (Å²) in [6.07, 6.45) is 28.3. The van der Waals surface area contributed by atoms with E-state index in [9.17, 15) is 0 Å². The number of benzene rings is 9. The van der Waals surface area contributed by atoms with E-state index in [4.69, 9.17) is 0 Å². The summed E-state index contributed by atoms with van der Waals surface area (Å²) in [5.74, 6) is 0. The van der Waals surface area contributed by atoms with Crippen LogP contribution in [-0.2, 0) is 6.42 Å². The first-order chi connectivity index (χ1) is 32.7. The van der Waals surface area contributed by atoms with Crippen molar-refractivity contribution in [2.45, 2.75) is 13.3 Å². The van der Waals surface area contributed by atoms with Crippen LogP contribution in [0.5, 0.6) is 0 Å². The minimum Gasteiger partial charge on any atom is -0.303 e. The normalized spacial score (nSPS) is 12.9. The molecule has 1 aliphatic rings. The predicted octanol–water partition coefficient (Wildman–Crippen LogP) is 17.9. The predicted molar refractivity (Wildman–Crippen MR) is 287 cm³/mol. The van der Waals surface area contributed by atoms with Crippen LogP contribution in [0.2, 0.25) is 0 Å². The molecule has 0 spiro atoms. The molecule has 0 saturated carbocycles.